The van der Waals surface area contributed by atoms with E-state index in [9.17, 15) is 0 Å². The van der Waals surface area contributed by atoms with E-state index in [4.69, 9.17) is 16.7 Å². The van der Waals surface area contributed by atoms with Crippen LogP contribution in [0.25, 0.3) is 22.4 Å². The second-order valence-electron chi connectivity index (χ2n) is 7.32. The predicted octanol–water partition coefficient (Wildman–Crippen LogP) is 4.08. The molecule has 1 N–H and O–H groups in total. The summed E-state index contributed by atoms with van der Waals surface area (Å²) in [6.45, 7) is 4.42. The van der Waals surface area contributed by atoms with Crippen molar-refractivity contribution in [1.82, 2.24) is 20.1 Å². The lowest BCUT2D eigenvalue weighted by molar-refractivity contribution is 0.230. The Morgan fingerprint density at radius 1 is 0.963 bits per heavy atom. The molecule has 2 fully saturated rings. The Bertz CT molecular complexity index is 922. The van der Waals surface area contributed by atoms with Crippen molar-refractivity contribution < 1.29 is 0 Å². The van der Waals surface area contributed by atoms with Crippen molar-refractivity contribution >= 4 is 17.4 Å². The Morgan fingerprint density at radius 2 is 1.78 bits per heavy atom. The zero-order valence-electron chi connectivity index (χ0n) is 15.1. The zero-order valence-corrected chi connectivity index (χ0v) is 15.9. The number of hydrogen-bond acceptors (Lipinski definition) is 4. The van der Waals surface area contributed by atoms with Gasteiger partial charge >= 0.3 is 0 Å². The van der Waals surface area contributed by atoms with Crippen LogP contribution in [0.2, 0.25) is 5.02 Å². The van der Waals surface area contributed by atoms with E-state index < -0.39 is 0 Å². The average Bonchev–Trinajstić information content (AvgIpc) is 3.35. The third-order valence-electron chi connectivity index (χ3n) is 5.74. The highest BCUT2D eigenvalue weighted by molar-refractivity contribution is 6.30. The number of fused-ring (bicyclic) bond motifs is 1. The van der Waals surface area contributed by atoms with Gasteiger partial charge < -0.3 is 4.90 Å². The number of pyridine rings is 1. The maximum absolute atomic E-state index is 6.09. The molecule has 1 atom stereocenters. The van der Waals surface area contributed by atoms with Crippen LogP contribution in [0.3, 0.4) is 0 Å². The highest BCUT2D eigenvalue weighted by Gasteiger charge is 2.33. The summed E-state index contributed by atoms with van der Waals surface area (Å²) in [7, 11) is 0. The maximum atomic E-state index is 6.09. The molecule has 138 valence electrons. The molecule has 2 aliphatic rings. The summed E-state index contributed by atoms with van der Waals surface area (Å²) in [5.41, 5.74) is 4.39. The molecule has 5 nitrogen and oxygen atoms in total. The molecular formula is C21H22ClN5. The van der Waals surface area contributed by atoms with Gasteiger partial charge in [0.05, 0.1) is 11.3 Å². The smallest absolute Gasteiger partial charge is 0.159 e. The summed E-state index contributed by atoms with van der Waals surface area (Å²) in [5, 5.41) is 8.79. The van der Waals surface area contributed by atoms with Gasteiger partial charge in [-0.2, -0.15) is 5.10 Å². The van der Waals surface area contributed by atoms with Crippen LogP contribution < -0.4 is 4.90 Å². The Kier molecular flexibility index (Phi) is 4.34. The van der Waals surface area contributed by atoms with Crippen LogP contribution in [0, 0.1) is 0 Å². The van der Waals surface area contributed by atoms with E-state index in [1.165, 1.54) is 19.4 Å². The molecule has 0 radical (unpaired) electrons. The van der Waals surface area contributed by atoms with Gasteiger partial charge in [-0.3, -0.25) is 15.0 Å². The summed E-state index contributed by atoms with van der Waals surface area (Å²) in [6, 6.07) is 12.7. The molecule has 4 heterocycles. The van der Waals surface area contributed by atoms with Gasteiger partial charge in [0, 0.05) is 48.7 Å². The lowest BCUT2D eigenvalue weighted by Crippen LogP contribution is -2.50. The Balaban J connectivity index is 1.58. The van der Waals surface area contributed by atoms with Gasteiger partial charge in [0.25, 0.3) is 0 Å². The van der Waals surface area contributed by atoms with Crippen molar-refractivity contribution in [3.8, 4) is 22.4 Å². The quantitative estimate of drug-likeness (QED) is 0.745. The monoisotopic (exact) mass is 379 g/mol. The molecule has 0 bridgehead atoms. The third kappa shape index (κ3) is 3.11. The molecule has 2 aliphatic heterocycles. The highest BCUT2D eigenvalue weighted by Crippen LogP contribution is 2.39. The van der Waals surface area contributed by atoms with Gasteiger partial charge in [-0.1, -0.05) is 23.7 Å². The van der Waals surface area contributed by atoms with Crippen LogP contribution in [0.4, 0.5) is 5.82 Å². The van der Waals surface area contributed by atoms with Crippen molar-refractivity contribution in [3.05, 3.63) is 53.8 Å². The number of anilines is 1. The number of rotatable bonds is 3. The fourth-order valence-corrected chi connectivity index (χ4v) is 4.49. The van der Waals surface area contributed by atoms with Crippen LogP contribution in [-0.4, -0.2) is 52.3 Å². The Morgan fingerprint density at radius 3 is 2.59 bits per heavy atom. The number of nitrogens with one attached hydrogen (secondary N) is 1. The molecule has 2 aromatic heterocycles. The minimum atomic E-state index is 0.653. The van der Waals surface area contributed by atoms with Crippen LogP contribution in [-0.2, 0) is 0 Å². The first-order chi connectivity index (χ1) is 13.3. The normalized spacial score (nSPS) is 20.0. The number of benzene rings is 1. The van der Waals surface area contributed by atoms with E-state index in [-0.39, 0.29) is 0 Å². The van der Waals surface area contributed by atoms with E-state index in [0.717, 1.165) is 52.9 Å². The van der Waals surface area contributed by atoms with Crippen molar-refractivity contribution in [2.75, 3.05) is 31.1 Å². The summed E-state index contributed by atoms with van der Waals surface area (Å²) in [6.07, 6.45) is 6.28. The van der Waals surface area contributed by atoms with Gasteiger partial charge in [-0.15, -0.1) is 0 Å². The van der Waals surface area contributed by atoms with Crippen molar-refractivity contribution in [3.63, 3.8) is 0 Å². The minimum absolute atomic E-state index is 0.653. The molecule has 1 aromatic carbocycles. The van der Waals surface area contributed by atoms with Gasteiger partial charge in [0.15, 0.2) is 5.82 Å². The van der Waals surface area contributed by atoms with E-state index >= 15 is 0 Å². The van der Waals surface area contributed by atoms with Crippen LogP contribution >= 0.6 is 11.6 Å². The zero-order chi connectivity index (χ0) is 18.2. The number of piperazine rings is 1. The van der Waals surface area contributed by atoms with Crippen molar-refractivity contribution in [1.29, 1.82) is 0 Å². The van der Waals surface area contributed by atoms with E-state index in [2.05, 4.69) is 32.0 Å². The Hall–Kier alpha value is -2.37. The first-order valence-corrected chi connectivity index (χ1v) is 9.91. The second kappa shape index (κ2) is 6.98. The topological polar surface area (TPSA) is 48.1 Å². The van der Waals surface area contributed by atoms with Crippen molar-refractivity contribution in [2.24, 2.45) is 0 Å². The Labute approximate surface area is 164 Å². The number of aromatic nitrogens is 3. The lowest BCUT2D eigenvalue weighted by Gasteiger charge is -2.38. The van der Waals surface area contributed by atoms with Gasteiger partial charge in [0.2, 0.25) is 0 Å². The second-order valence-corrected chi connectivity index (χ2v) is 7.75. The van der Waals surface area contributed by atoms with E-state index in [1.54, 1.807) is 0 Å². The molecule has 5 rings (SSSR count). The average molecular weight is 380 g/mol. The number of aromatic amines is 1. The first-order valence-electron chi connectivity index (χ1n) is 9.53. The van der Waals surface area contributed by atoms with E-state index in [0.29, 0.717) is 6.04 Å². The van der Waals surface area contributed by atoms with Gasteiger partial charge in [0.1, 0.15) is 0 Å². The van der Waals surface area contributed by atoms with Crippen LogP contribution in [0.5, 0.6) is 0 Å². The summed E-state index contributed by atoms with van der Waals surface area (Å²) in [5.74, 6) is 1.04. The first kappa shape index (κ1) is 16.8. The van der Waals surface area contributed by atoms with Crippen LogP contribution in [0.15, 0.2) is 48.8 Å². The van der Waals surface area contributed by atoms with E-state index in [1.807, 2.05) is 36.7 Å². The molecule has 3 aromatic rings. The molecule has 0 amide bonds. The molecule has 0 unspecified atom stereocenters. The molecule has 27 heavy (non-hydrogen) atoms. The fourth-order valence-electron chi connectivity index (χ4n) is 4.36. The third-order valence-corrected chi connectivity index (χ3v) is 5.99. The summed E-state index contributed by atoms with van der Waals surface area (Å²) >= 11 is 6.09. The SMILES string of the molecule is Clc1ccc(-c2[nH]nc(N3CCN4CCC[C@H]4C3)c2-c2ccncc2)cc1. The lowest BCUT2D eigenvalue weighted by atomic mass is 10.0. The largest absolute Gasteiger partial charge is 0.352 e. The molecule has 0 spiro atoms. The fraction of sp³-hybridized carbons (Fsp3) is 0.333. The molecule has 0 saturated carbocycles. The van der Waals surface area contributed by atoms with Crippen molar-refractivity contribution in [2.45, 2.75) is 18.9 Å². The number of hydrogen-bond donors (Lipinski definition) is 1. The standard InChI is InChI=1S/C21H22ClN5/c22-17-5-3-16(4-6-17)20-19(15-7-9-23-10-8-15)21(25-24-20)27-13-12-26-11-1-2-18(26)14-27/h3-10,18H,1-2,11-14H2,(H,24,25)/t18-/m0/s1. The molecular weight excluding hydrogens is 358 g/mol. The maximum Gasteiger partial charge on any atom is 0.159 e. The number of halogens is 1. The minimum Gasteiger partial charge on any atom is -0.352 e. The molecule has 6 heteroatoms. The number of H-pyrrole nitrogens is 1. The number of nitrogens with zero attached hydrogens (tertiary/aromatic N) is 4. The predicted molar refractivity (Wildman–Crippen MR) is 109 cm³/mol. The van der Waals surface area contributed by atoms with Gasteiger partial charge in [-0.05, 0) is 49.2 Å². The van der Waals surface area contributed by atoms with Crippen LogP contribution in [0.1, 0.15) is 12.8 Å². The van der Waals surface area contributed by atoms with Gasteiger partial charge in [-0.25, -0.2) is 0 Å². The summed E-state index contributed by atoms with van der Waals surface area (Å²) < 4.78 is 0. The summed E-state index contributed by atoms with van der Waals surface area (Å²) in [4.78, 5) is 9.25. The molecule has 2 saturated heterocycles. The highest BCUT2D eigenvalue weighted by atomic mass is 35.5. The molecule has 0 aliphatic carbocycles.